The van der Waals surface area contributed by atoms with Gasteiger partial charge in [-0.05, 0) is 18.4 Å². The molecule has 0 N–H and O–H groups in total. The molecule has 138 valence electrons. The van der Waals surface area contributed by atoms with E-state index in [0.717, 1.165) is 48.2 Å². The van der Waals surface area contributed by atoms with Crippen LogP contribution in [-0.4, -0.2) is 55.1 Å². The fourth-order valence-corrected chi connectivity index (χ4v) is 4.22. The Bertz CT molecular complexity index is 1040. The number of aromatic nitrogens is 5. The van der Waals surface area contributed by atoms with Crippen molar-refractivity contribution in [2.24, 2.45) is 0 Å². The van der Waals surface area contributed by atoms with Crippen molar-refractivity contribution in [1.29, 1.82) is 0 Å². The Morgan fingerprint density at radius 2 is 2.30 bits per heavy atom. The lowest BCUT2D eigenvalue weighted by Gasteiger charge is -2.40. The van der Waals surface area contributed by atoms with E-state index in [1.165, 1.54) is 0 Å². The van der Waals surface area contributed by atoms with Crippen LogP contribution in [0.5, 0.6) is 0 Å². The Labute approximate surface area is 160 Å². The monoisotopic (exact) mass is 381 g/mol. The van der Waals surface area contributed by atoms with Crippen LogP contribution in [0.15, 0.2) is 46.9 Å². The predicted octanol–water partition coefficient (Wildman–Crippen LogP) is 2.55. The van der Waals surface area contributed by atoms with E-state index >= 15 is 0 Å². The zero-order valence-corrected chi connectivity index (χ0v) is 15.7. The van der Waals surface area contributed by atoms with E-state index in [4.69, 9.17) is 4.42 Å². The van der Waals surface area contributed by atoms with Crippen LogP contribution < -0.4 is 4.90 Å². The topological polar surface area (TPSA) is 75.6 Å². The SMILES string of the molecule is CC1CN(Cc2coc(-c3cccs3)n2)CCN1c1nccn2cnnc12. The number of hydrogen-bond acceptors (Lipinski definition) is 8. The second-order valence-electron chi connectivity index (χ2n) is 6.71. The Hall–Kier alpha value is -2.78. The summed E-state index contributed by atoms with van der Waals surface area (Å²) in [6.07, 6.45) is 7.14. The van der Waals surface area contributed by atoms with Crippen molar-refractivity contribution in [3.63, 3.8) is 0 Å². The molecule has 4 aromatic rings. The number of fused-ring (bicyclic) bond motifs is 1. The van der Waals surface area contributed by atoms with Crippen molar-refractivity contribution in [2.75, 3.05) is 24.5 Å². The van der Waals surface area contributed by atoms with Gasteiger partial charge in [-0.15, -0.1) is 21.5 Å². The maximum Gasteiger partial charge on any atom is 0.236 e. The summed E-state index contributed by atoms with van der Waals surface area (Å²) >= 11 is 1.64. The molecule has 4 aromatic heterocycles. The van der Waals surface area contributed by atoms with Gasteiger partial charge in [0, 0.05) is 44.6 Å². The van der Waals surface area contributed by atoms with Gasteiger partial charge in [-0.1, -0.05) is 6.07 Å². The molecule has 0 aliphatic carbocycles. The standard InChI is InChI=1S/C18H19N7OS/c1-13-9-23(10-14-11-26-18(21-14)15-3-2-8-27-15)6-7-25(13)16-17-22-20-12-24(17)5-4-19-16/h2-5,8,11-13H,6-7,9-10H2,1H3. The largest absolute Gasteiger partial charge is 0.444 e. The normalized spacial score (nSPS) is 18.4. The minimum Gasteiger partial charge on any atom is -0.444 e. The first-order valence-corrected chi connectivity index (χ1v) is 9.77. The average Bonchev–Trinajstić information content (AvgIpc) is 3.42. The van der Waals surface area contributed by atoms with Gasteiger partial charge in [0.05, 0.1) is 10.6 Å². The number of hydrogen-bond donors (Lipinski definition) is 0. The van der Waals surface area contributed by atoms with Crippen LogP contribution >= 0.6 is 11.3 Å². The Balaban J connectivity index is 1.28. The maximum atomic E-state index is 5.64. The Morgan fingerprint density at radius 3 is 3.15 bits per heavy atom. The van der Waals surface area contributed by atoms with Gasteiger partial charge in [0.1, 0.15) is 12.6 Å². The molecule has 0 radical (unpaired) electrons. The summed E-state index contributed by atoms with van der Waals surface area (Å²) in [6, 6.07) is 4.35. The molecule has 0 aromatic carbocycles. The highest BCUT2D eigenvalue weighted by Gasteiger charge is 2.27. The number of nitrogens with zero attached hydrogens (tertiary/aromatic N) is 7. The van der Waals surface area contributed by atoms with E-state index in [9.17, 15) is 0 Å². The molecule has 9 heteroatoms. The third-order valence-electron chi connectivity index (χ3n) is 4.85. The van der Waals surface area contributed by atoms with E-state index in [0.29, 0.717) is 11.9 Å². The van der Waals surface area contributed by atoms with E-state index in [1.54, 1.807) is 30.1 Å². The summed E-state index contributed by atoms with van der Waals surface area (Å²) in [5.41, 5.74) is 1.77. The lowest BCUT2D eigenvalue weighted by molar-refractivity contribution is 0.218. The summed E-state index contributed by atoms with van der Waals surface area (Å²) in [4.78, 5) is 15.0. The highest BCUT2D eigenvalue weighted by molar-refractivity contribution is 7.13. The van der Waals surface area contributed by atoms with E-state index in [1.807, 2.05) is 28.1 Å². The molecule has 1 saturated heterocycles. The summed E-state index contributed by atoms with van der Waals surface area (Å²) in [7, 11) is 0. The van der Waals surface area contributed by atoms with Crippen molar-refractivity contribution < 1.29 is 4.42 Å². The van der Waals surface area contributed by atoms with Crippen molar-refractivity contribution >= 4 is 22.8 Å². The van der Waals surface area contributed by atoms with Crippen LogP contribution in [0.1, 0.15) is 12.6 Å². The minimum absolute atomic E-state index is 0.317. The van der Waals surface area contributed by atoms with Gasteiger partial charge < -0.3 is 9.32 Å². The molecule has 8 nitrogen and oxygen atoms in total. The van der Waals surface area contributed by atoms with Crippen molar-refractivity contribution in [3.05, 3.63) is 48.2 Å². The van der Waals surface area contributed by atoms with E-state index in [-0.39, 0.29) is 0 Å². The number of thiophene rings is 1. The van der Waals surface area contributed by atoms with Crippen LogP contribution in [0.4, 0.5) is 5.82 Å². The van der Waals surface area contributed by atoms with Crippen LogP contribution in [0.3, 0.4) is 0 Å². The molecular weight excluding hydrogens is 362 g/mol. The first-order valence-electron chi connectivity index (χ1n) is 8.89. The molecule has 1 aliphatic rings. The second-order valence-corrected chi connectivity index (χ2v) is 7.66. The lowest BCUT2D eigenvalue weighted by atomic mass is 10.2. The highest BCUT2D eigenvalue weighted by atomic mass is 32.1. The molecule has 0 amide bonds. The predicted molar refractivity (Wildman–Crippen MR) is 103 cm³/mol. The van der Waals surface area contributed by atoms with E-state index < -0.39 is 0 Å². The molecule has 5 rings (SSSR count). The number of anilines is 1. The maximum absolute atomic E-state index is 5.64. The minimum atomic E-state index is 0.317. The molecule has 1 atom stereocenters. The van der Waals surface area contributed by atoms with Crippen LogP contribution in [-0.2, 0) is 6.54 Å². The van der Waals surface area contributed by atoms with Crippen molar-refractivity contribution in [1.82, 2.24) is 29.5 Å². The van der Waals surface area contributed by atoms with Gasteiger partial charge in [0.25, 0.3) is 0 Å². The molecule has 5 heterocycles. The van der Waals surface area contributed by atoms with E-state index in [2.05, 4.69) is 36.9 Å². The molecule has 0 bridgehead atoms. The van der Waals surface area contributed by atoms with Crippen LogP contribution in [0, 0.1) is 0 Å². The molecule has 1 aliphatic heterocycles. The first kappa shape index (κ1) is 16.4. The molecule has 0 saturated carbocycles. The third kappa shape index (κ3) is 3.08. The first-order chi connectivity index (χ1) is 13.3. The average molecular weight is 381 g/mol. The lowest BCUT2D eigenvalue weighted by Crippen LogP contribution is -2.52. The smallest absolute Gasteiger partial charge is 0.236 e. The quantitative estimate of drug-likeness (QED) is 0.538. The number of piperazine rings is 1. The van der Waals surface area contributed by atoms with Crippen LogP contribution in [0.25, 0.3) is 16.4 Å². The summed E-state index contributed by atoms with van der Waals surface area (Å²) in [6.45, 7) is 5.75. The fourth-order valence-electron chi connectivity index (χ4n) is 3.56. The van der Waals surface area contributed by atoms with Crippen molar-refractivity contribution in [3.8, 4) is 10.8 Å². The molecule has 1 fully saturated rings. The van der Waals surface area contributed by atoms with Gasteiger partial charge in [0.2, 0.25) is 11.5 Å². The molecule has 1 unspecified atom stereocenters. The molecule has 27 heavy (non-hydrogen) atoms. The zero-order chi connectivity index (χ0) is 18.2. The number of oxazole rings is 1. The van der Waals surface area contributed by atoms with Crippen molar-refractivity contribution in [2.45, 2.75) is 19.5 Å². The van der Waals surface area contributed by atoms with Gasteiger partial charge in [0.15, 0.2) is 5.82 Å². The van der Waals surface area contributed by atoms with Gasteiger partial charge in [-0.2, -0.15) is 0 Å². The van der Waals surface area contributed by atoms with Gasteiger partial charge in [-0.3, -0.25) is 9.30 Å². The van der Waals surface area contributed by atoms with Crippen LogP contribution in [0.2, 0.25) is 0 Å². The van der Waals surface area contributed by atoms with Gasteiger partial charge in [-0.25, -0.2) is 9.97 Å². The Kier molecular flexibility index (Phi) is 4.10. The van der Waals surface area contributed by atoms with Gasteiger partial charge >= 0.3 is 0 Å². The Morgan fingerprint density at radius 1 is 1.33 bits per heavy atom. The third-order valence-corrected chi connectivity index (χ3v) is 5.71. The number of rotatable bonds is 4. The summed E-state index contributed by atoms with van der Waals surface area (Å²) in [5, 5.41) is 10.2. The molecule has 0 spiro atoms. The second kappa shape index (κ2) is 6.75. The highest BCUT2D eigenvalue weighted by Crippen LogP contribution is 2.25. The zero-order valence-electron chi connectivity index (χ0n) is 14.9. The summed E-state index contributed by atoms with van der Waals surface area (Å²) in [5.74, 6) is 1.60. The molecular formula is C18H19N7OS. The summed E-state index contributed by atoms with van der Waals surface area (Å²) < 4.78 is 7.55. The fraction of sp³-hybridized carbons (Fsp3) is 0.333.